The zero-order chi connectivity index (χ0) is 24.0. The first-order valence-corrected chi connectivity index (χ1v) is 11.8. The van der Waals surface area contributed by atoms with Gasteiger partial charge < -0.3 is 14.2 Å². The summed E-state index contributed by atoms with van der Waals surface area (Å²) in [5.41, 5.74) is 3.88. The van der Waals surface area contributed by atoms with Crippen LogP contribution in [0, 0.1) is 6.92 Å². The van der Waals surface area contributed by atoms with Gasteiger partial charge in [-0.15, -0.1) is 0 Å². The van der Waals surface area contributed by atoms with Crippen LogP contribution in [-0.2, 0) is 13.2 Å². The molecule has 0 bridgehead atoms. The molecule has 1 aromatic heterocycles. The van der Waals surface area contributed by atoms with Crippen LogP contribution in [-0.4, -0.2) is 52.0 Å². The highest BCUT2D eigenvalue weighted by Crippen LogP contribution is 2.23. The van der Waals surface area contributed by atoms with Crippen molar-refractivity contribution in [2.45, 2.75) is 20.1 Å². The van der Waals surface area contributed by atoms with Crippen LogP contribution in [0.1, 0.15) is 27.4 Å². The minimum Gasteiger partial charge on any atom is -0.483 e. The standard InChI is InChI=1S/C28H28N4O3/c1-21-11-13-23(14-12-21)27-29-26(35-30-27)20-34-25-10-6-5-9-24(25)28(33)32-17-15-31(16-18-32)19-22-7-3-2-4-8-22/h2-14H,15-20H2,1H3. The van der Waals surface area contributed by atoms with Crippen molar-refractivity contribution in [1.82, 2.24) is 19.9 Å². The highest BCUT2D eigenvalue weighted by atomic mass is 16.5. The molecule has 35 heavy (non-hydrogen) atoms. The third kappa shape index (κ3) is 5.58. The minimum atomic E-state index is -0.0224. The SMILES string of the molecule is Cc1ccc(-c2noc(COc3ccccc3C(=O)N3CCN(Cc4ccccc4)CC3)n2)cc1. The predicted molar refractivity (Wildman–Crippen MR) is 133 cm³/mol. The van der Waals surface area contributed by atoms with Crippen LogP contribution in [0.5, 0.6) is 5.75 Å². The molecule has 0 atom stereocenters. The number of hydrogen-bond acceptors (Lipinski definition) is 6. The zero-order valence-corrected chi connectivity index (χ0v) is 19.8. The number of hydrogen-bond donors (Lipinski definition) is 0. The Balaban J connectivity index is 1.19. The Hall–Kier alpha value is -3.97. The van der Waals surface area contributed by atoms with Crippen LogP contribution in [0.25, 0.3) is 11.4 Å². The van der Waals surface area contributed by atoms with Crippen LogP contribution in [0.15, 0.2) is 83.4 Å². The van der Waals surface area contributed by atoms with Crippen LogP contribution >= 0.6 is 0 Å². The number of benzene rings is 3. The molecule has 1 amide bonds. The molecule has 1 saturated heterocycles. The molecule has 0 unspecified atom stereocenters. The Labute approximate surface area is 204 Å². The van der Waals surface area contributed by atoms with Crippen LogP contribution in [0.3, 0.4) is 0 Å². The molecular weight excluding hydrogens is 440 g/mol. The van der Waals surface area contributed by atoms with Crippen LogP contribution < -0.4 is 4.74 Å². The predicted octanol–water partition coefficient (Wildman–Crippen LogP) is 4.58. The molecule has 0 aliphatic carbocycles. The summed E-state index contributed by atoms with van der Waals surface area (Å²) in [6, 6.07) is 25.7. The fourth-order valence-corrected chi connectivity index (χ4v) is 4.16. The summed E-state index contributed by atoms with van der Waals surface area (Å²) in [6.07, 6.45) is 0. The molecule has 2 heterocycles. The summed E-state index contributed by atoms with van der Waals surface area (Å²) in [5.74, 6) is 1.36. The maximum absolute atomic E-state index is 13.3. The summed E-state index contributed by atoms with van der Waals surface area (Å²) in [4.78, 5) is 22.0. The lowest BCUT2D eigenvalue weighted by molar-refractivity contribution is 0.0623. The molecule has 0 saturated carbocycles. The molecule has 1 aliphatic rings. The number of ether oxygens (including phenoxy) is 1. The maximum Gasteiger partial charge on any atom is 0.264 e. The van der Waals surface area contributed by atoms with Gasteiger partial charge in [-0.05, 0) is 24.6 Å². The molecule has 3 aromatic carbocycles. The highest BCUT2D eigenvalue weighted by Gasteiger charge is 2.24. The van der Waals surface area contributed by atoms with Crippen LogP contribution in [0.4, 0.5) is 0 Å². The first kappa shape index (κ1) is 22.8. The van der Waals surface area contributed by atoms with Gasteiger partial charge in [-0.2, -0.15) is 4.98 Å². The van der Waals surface area contributed by atoms with E-state index in [-0.39, 0.29) is 12.5 Å². The van der Waals surface area contributed by atoms with Crippen molar-refractivity contribution in [3.63, 3.8) is 0 Å². The third-order valence-corrected chi connectivity index (χ3v) is 6.15. The average Bonchev–Trinajstić information content (AvgIpc) is 3.38. The van der Waals surface area contributed by atoms with E-state index >= 15 is 0 Å². The number of aromatic nitrogens is 2. The Morgan fingerprint density at radius 1 is 0.914 bits per heavy atom. The van der Waals surface area contributed by atoms with Gasteiger partial charge in [0.25, 0.3) is 11.8 Å². The summed E-state index contributed by atoms with van der Waals surface area (Å²) in [6.45, 7) is 6.07. The van der Waals surface area contributed by atoms with Crippen molar-refractivity contribution in [1.29, 1.82) is 0 Å². The van der Waals surface area contributed by atoms with Crippen molar-refractivity contribution < 1.29 is 14.1 Å². The number of amides is 1. The topological polar surface area (TPSA) is 71.7 Å². The minimum absolute atomic E-state index is 0.0224. The Morgan fingerprint density at radius 3 is 2.40 bits per heavy atom. The normalized spacial score (nSPS) is 14.1. The number of rotatable bonds is 7. The van der Waals surface area contributed by atoms with E-state index in [1.165, 1.54) is 11.1 Å². The van der Waals surface area contributed by atoms with E-state index in [9.17, 15) is 4.79 Å². The third-order valence-electron chi connectivity index (χ3n) is 6.15. The van der Waals surface area contributed by atoms with E-state index in [2.05, 4.69) is 39.3 Å². The van der Waals surface area contributed by atoms with E-state index in [1.54, 1.807) is 12.1 Å². The number of carbonyl (C=O) groups is 1. The average molecular weight is 469 g/mol. The number of carbonyl (C=O) groups excluding carboxylic acids is 1. The molecule has 1 fully saturated rings. The van der Waals surface area contributed by atoms with Gasteiger partial charge in [-0.3, -0.25) is 9.69 Å². The van der Waals surface area contributed by atoms with Gasteiger partial charge in [0.1, 0.15) is 5.75 Å². The van der Waals surface area contributed by atoms with Gasteiger partial charge in [0.2, 0.25) is 5.82 Å². The summed E-state index contributed by atoms with van der Waals surface area (Å²) in [7, 11) is 0. The van der Waals surface area contributed by atoms with Gasteiger partial charge >= 0.3 is 0 Å². The van der Waals surface area contributed by atoms with Gasteiger partial charge in [0, 0.05) is 38.3 Å². The lowest BCUT2D eigenvalue weighted by Gasteiger charge is -2.35. The molecule has 0 N–H and O–H groups in total. The van der Waals surface area contributed by atoms with E-state index in [4.69, 9.17) is 9.26 Å². The molecule has 0 spiro atoms. The van der Waals surface area contributed by atoms with Gasteiger partial charge in [-0.1, -0.05) is 77.5 Å². The second-order valence-corrected chi connectivity index (χ2v) is 8.72. The number of piperazine rings is 1. The van der Waals surface area contributed by atoms with Crippen molar-refractivity contribution >= 4 is 5.91 Å². The first-order chi connectivity index (χ1) is 17.2. The summed E-state index contributed by atoms with van der Waals surface area (Å²) >= 11 is 0. The Kier molecular flexibility index (Phi) is 6.86. The van der Waals surface area contributed by atoms with Crippen molar-refractivity contribution in [2.75, 3.05) is 26.2 Å². The van der Waals surface area contributed by atoms with E-state index in [1.807, 2.05) is 54.3 Å². The van der Waals surface area contributed by atoms with E-state index in [0.29, 0.717) is 36.1 Å². The number of para-hydroxylation sites is 1. The molecule has 178 valence electrons. The summed E-state index contributed by atoms with van der Waals surface area (Å²) < 4.78 is 11.3. The maximum atomic E-state index is 13.3. The molecule has 7 nitrogen and oxygen atoms in total. The Morgan fingerprint density at radius 2 is 1.63 bits per heavy atom. The van der Waals surface area contributed by atoms with Gasteiger partial charge in [-0.25, -0.2) is 0 Å². The van der Waals surface area contributed by atoms with E-state index in [0.717, 1.165) is 25.2 Å². The summed E-state index contributed by atoms with van der Waals surface area (Å²) in [5, 5.41) is 4.05. The second kappa shape index (κ2) is 10.5. The van der Waals surface area contributed by atoms with Gasteiger partial charge in [0.15, 0.2) is 6.61 Å². The van der Waals surface area contributed by atoms with Crippen molar-refractivity contribution in [3.05, 3.63) is 101 Å². The number of nitrogens with zero attached hydrogens (tertiary/aromatic N) is 4. The zero-order valence-electron chi connectivity index (χ0n) is 19.8. The highest BCUT2D eigenvalue weighted by molar-refractivity contribution is 5.97. The van der Waals surface area contributed by atoms with E-state index < -0.39 is 0 Å². The van der Waals surface area contributed by atoms with Crippen molar-refractivity contribution in [3.8, 4) is 17.1 Å². The monoisotopic (exact) mass is 468 g/mol. The second-order valence-electron chi connectivity index (χ2n) is 8.72. The fraction of sp³-hybridized carbons (Fsp3) is 0.250. The largest absolute Gasteiger partial charge is 0.483 e. The smallest absolute Gasteiger partial charge is 0.264 e. The Bertz CT molecular complexity index is 1260. The van der Waals surface area contributed by atoms with Crippen molar-refractivity contribution in [2.24, 2.45) is 0 Å². The van der Waals surface area contributed by atoms with Crippen LogP contribution in [0.2, 0.25) is 0 Å². The molecular formula is C28H28N4O3. The molecule has 7 heteroatoms. The number of aryl methyl sites for hydroxylation is 1. The molecule has 0 radical (unpaired) electrons. The van der Waals surface area contributed by atoms with Gasteiger partial charge in [0.05, 0.1) is 5.56 Å². The molecule has 5 rings (SSSR count). The lowest BCUT2D eigenvalue weighted by atomic mass is 10.1. The molecule has 4 aromatic rings. The quantitative estimate of drug-likeness (QED) is 0.395. The fourth-order valence-electron chi connectivity index (χ4n) is 4.16. The molecule has 1 aliphatic heterocycles. The lowest BCUT2D eigenvalue weighted by Crippen LogP contribution is -2.48. The first-order valence-electron chi connectivity index (χ1n) is 11.8.